The van der Waals surface area contributed by atoms with Crippen LogP contribution in [0.25, 0.3) is 0 Å². The molecule has 0 unspecified atom stereocenters. The van der Waals surface area contributed by atoms with E-state index < -0.39 is 10.0 Å². The van der Waals surface area contributed by atoms with Crippen molar-refractivity contribution >= 4 is 10.0 Å². The van der Waals surface area contributed by atoms with E-state index in [9.17, 15) is 8.42 Å². The summed E-state index contributed by atoms with van der Waals surface area (Å²) in [7, 11) is -1.74. The fourth-order valence-corrected chi connectivity index (χ4v) is 3.01. The number of methoxy groups -OCH3 is 1. The molecular weight excluding hydrogens is 276 g/mol. The van der Waals surface area contributed by atoms with Gasteiger partial charge in [0.15, 0.2) is 0 Å². The molecule has 0 aliphatic carbocycles. The van der Waals surface area contributed by atoms with Gasteiger partial charge in [0.05, 0.1) is 17.4 Å². The number of hydrogen-bond acceptors (Lipinski definition) is 4. The zero-order valence-electron chi connectivity index (χ0n) is 11.6. The van der Waals surface area contributed by atoms with Gasteiger partial charge in [-0.3, -0.25) is 0 Å². The van der Waals surface area contributed by atoms with Crippen LogP contribution in [-0.2, 0) is 20.5 Å². The topological polar surface area (TPSA) is 79.2 Å². The van der Waals surface area contributed by atoms with E-state index in [0.717, 1.165) is 19.3 Å². The fourth-order valence-electron chi connectivity index (χ4n) is 1.79. The van der Waals surface area contributed by atoms with Crippen molar-refractivity contribution in [2.75, 3.05) is 20.3 Å². The van der Waals surface area contributed by atoms with Crippen LogP contribution in [0.15, 0.2) is 24.3 Å². The lowest BCUT2D eigenvalue weighted by Crippen LogP contribution is -2.26. The van der Waals surface area contributed by atoms with Crippen molar-refractivity contribution in [3.05, 3.63) is 35.4 Å². The Hall–Kier alpha value is -1.42. The smallest absolute Gasteiger partial charge is 0.215 e. The summed E-state index contributed by atoms with van der Waals surface area (Å²) in [5.41, 5.74) is 0.930. The average Bonchev–Trinajstić information content (AvgIpc) is 2.43. The molecule has 0 fully saturated rings. The highest BCUT2D eigenvalue weighted by Gasteiger charge is 2.13. The minimum Gasteiger partial charge on any atom is -0.385 e. The first-order valence-electron chi connectivity index (χ1n) is 6.53. The number of hydrogen-bond donors (Lipinski definition) is 1. The molecule has 0 atom stereocenters. The molecule has 0 saturated heterocycles. The van der Waals surface area contributed by atoms with E-state index in [2.05, 4.69) is 4.72 Å². The predicted molar refractivity (Wildman–Crippen MR) is 77.5 cm³/mol. The minimum absolute atomic E-state index is 0.158. The first-order valence-corrected chi connectivity index (χ1v) is 8.18. The maximum atomic E-state index is 11.9. The highest BCUT2D eigenvalue weighted by Crippen LogP contribution is 2.10. The summed E-state index contributed by atoms with van der Waals surface area (Å²) < 4.78 is 31.3. The molecule has 20 heavy (non-hydrogen) atoms. The van der Waals surface area contributed by atoms with Gasteiger partial charge in [-0.15, -0.1) is 0 Å². The summed E-state index contributed by atoms with van der Waals surface area (Å²) in [6.45, 7) is 1.11. The fraction of sp³-hybridized carbons (Fsp3) is 0.500. The Kier molecular flexibility index (Phi) is 7.23. The first-order chi connectivity index (χ1) is 9.59. The Morgan fingerprint density at radius 2 is 2.00 bits per heavy atom. The van der Waals surface area contributed by atoms with Crippen LogP contribution in [0, 0.1) is 11.3 Å². The van der Waals surface area contributed by atoms with Crippen molar-refractivity contribution in [2.45, 2.75) is 25.0 Å². The largest absolute Gasteiger partial charge is 0.385 e. The third-order valence-electron chi connectivity index (χ3n) is 2.83. The van der Waals surface area contributed by atoms with Gasteiger partial charge in [-0.25, -0.2) is 13.1 Å². The average molecular weight is 296 g/mol. The number of unbranched alkanes of at least 4 members (excludes halogenated alkanes) is 2. The van der Waals surface area contributed by atoms with Gasteiger partial charge in [-0.05, 0) is 30.9 Å². The summed E-state index contributed by atoms with van der Waals surface area (Å²) in [5.74, 6) is -0.158. The minimum atomic E-state index is -3.39. The lowest BCUT2D eigenvalue weighted by atomic mass is 10.1. The van der Waals surface area contributed by atoms with Crippen LogP contribution in [0.3, 0.4) is 0 Å². The van der Waals surface area contributed by atoms with Gasteiger partial charge in [0, 0.05) is 20.3 Å². The molecule has 1 N–H and O–H groups in total. The Labute approximate surface area is 120 Å². The second kappa shape index (κ2) is 8.69. The van der Waals surface area contributed by atoms with Crippen molar-refractivity contribution in [3.63, 3.8) is 0 Å². The molecule has 0 spiro atoms. The Bertz CT molecular complexity index is 550. The van der Waals surface area contributed by atoms with Gasteiger partial charge in [0.2, 0.25) is 10.0 Å². The van der Waals surface area contributed by atoms with E-state index in [0.29, 0.717) is 24.3 Å². The summed E-state index contributed by atoms with van der Waals surface area (Å²) in [6, 6.07) is 8.74. The lowest BCUT2D eigenvalue weighted by molar-refractivity contribution is 0.192. The third-order valence-corrected chi connectivity index (χ3v) is 4.17. The highest BCUT2D eigenvalue weighted by molar-refractivity contribution is 7.88. The molecule has 0 saturated carbocycles. The molecule has 0 aliphatic rings. The highest BCUT2D eigenvalue weighted by atomic mass is 32.2. The van der Waals surface area contributed by atoms with Crippen molar-refractivity contribution in [1.29, 1.82) is 5.26 Å². The van der Waals surface area contributed by atoms with E-state index in [1.165, 1.54) is 0 Å². The second-order valence-electron chi connectivity index (χ2n) is 4.48. The van der Waals surface area contributed by atoms with Crippen LogP contribution in [0.2, 0.25) is 0 Å². The molecule has 0 bridgehead atoms. The van der Waals surface area contributed by atoms with Crippen LogP contribution in [0.4, 0.5) is 0 Å². The summed E-state index contributed by atoms with van der Waals surface area (Å²) in [6.07, 6.45) is 2.63. The Balaban J connectivity index is 2.44. The Morgan fingerprint density at radius 1 is 1.25 bits per heavy atom. The molecular formula is C14H20N2O3S. The number of nitrogens with one attached hydrogen (secondary N) is 1. The van der Waals surface area contributed by atoms with Crippen LogP contribution in [0.1, 0.15) is 30.4 Å². The van der Waals surface area contributed by atoms with Crippen molar-refractivity contribution < 1.29 is 13.2 Å². The number of nitriles is 1. The van der Waals surface area contributed by atoms with E-state index in [1.54, 1.807) is 31.4 Å². The van der Waals surface area contributed by atoms with E-state index in [1.807, 2.05) is 6.07 Å². The zero-order chi connectivity index (χ0) is 14.8. The normalized spacial score (nSPS) is 11.2. The number of rotatable bonds is 9. The van der Waals surface area contributed by atoms with Crippen LogP contribution in [-0.4, -0.2) is 28.7 Å². The summed E-state index contributed by atoms with van der Waals surface area (Å²) in [4.78, 5) is 0. The first kappa shape index (κ1) is 16.6. The number of benzene rings is 1. The molecule has 5 nitrogen and oxygen atoms in total. The van der Waals surface area contributed by atoms with Gasteiger partial charge in [-0.2, -0.15) is 5.26 Å². The molecule has 1 rings (SSSR count). The van der Waals surface area contributed by atoms with Crippen molar-refractivity contribution in [1.82, 2.24) is 4.72 Å². The molecule has 1 aromatic rings. The summed E-state index contributed by atoms with van der Waals surface area (Å²) in [5, 5.41) is 8.93. The van der Waals surface area contributed by atoms with E-state index in [-0.39, 0.29) is 5.75 Å². The SMILES string of the molecule is COCCCCCNS(=O)(=O)Cc1ccccc1C#N. The van der Waals surface area contributed by atoms with Gasteiger partial charge in [-0.1, -0.05) is 18.2 Å². The van der Waals surface area contributed by atoms with Crippen molar-refractivity contribution in [3.8, 4) is 6.07 Å². The summed E-state index contributed by atoms with van der Waals surface area (Å²) >= 11 is 0. The quantitative estimate of drug-likeness (QED) is 0.705. The monoisotopic (exact) mass is 296 g/mol. The standard InChI is InChI=1S/C14H20N2O3S/c1-19-10-6-2-5-9-16-20(17,18)12-14-8-4-3-7-13(14)11-15/h3-4,7-8,16H,2,5-6,9-10,12H2,1H3. The molecule has 6 heteroatoms. The van der Waals surface area contributed by atoms with E-state index in [4.69, 9.17) is 10.00 Å². The number of nitrogens with zero attached hydrogens (tertiary/aromatic N) is 1. The van der Waals surface area contributed by atoms with Crippen molar-refractivity contribution in [2.24, 2.45) is 0 Å². The number of sulfonamides is 1. The number of ether oxygens (including phenoxy) is 1. The molecule has 1 aromatic carbocycles. The van der Waals surface area contributed by atoms with Gasteiger partial charge in [0.1, 0.15) is 0 Å². The zero-order valence-corrected chi connectivity index (χ0v) is 12.4. The maximum Gasteiger partial charge on any atom is 0.215 e. The second-order valence-corrected chi connectivity index (χ2v) is 6.28. The van der Waals surface area contributed by atoms with Gasteiger partial charge >= 0.3 is 0 Å². The van der Waals surface area contributed by atoms with Crippen LogP contribution < -0.4 is 4.72 Å². The molecule has 0 amide bonds. The predicted octanol–water partition coefficient (Wildman–Crippen LogP) is 1.79. The van der Waals surface area contributed by atoms with Gasteiger partial charge in [0.25, 0.3) is 0 Å². The maximum absolute atomic E-state index is 11.9. The van der Waals surface area contributed by atoms with Gasteiger partial charge < -0.3 is 4.74 Å². The molecule has 0 aromatic heterocycles. The molecule has 110 valence electrons. The molecule has 0 radical (unpaired) electrons. The lowest BCUT2D eigenvalue weighted by Gasteiger charge is -2.07. The van der Waals surface area contributed by atoms with Crippen LogP contribution >= 0.6 is 0 Å². The van der Waals surface area contributed by atoms with E-state index >= 15 is 0 Å². The third kappa shape index (κ3) is 6.15. The van der Waals surface area contributed by atoms with Crippen LogP contribution in [0.5, 0.6) is 0 Å². The Morgan fingerprint density at radius 3 is 2.70 bits per heavy atom. The molecule has 0 heterocycles. The molecule has 0 aliphatic heterocycles.